The Morgan fingerprint density at radius 1 is 1.30 bits per heavy atom. The molecule has 3 N–H and O–H groups in total. The molecule has 5 heteroatoms. The molecule has 0 aromatic heterocycles. The molecule has 2 aromatic carbocycles. The average Bonchev–Trinajstić information content (AvgIpc) is 2.90. The standard InChI is InChI=1S/C18H19FN2O2/c1-12-6-7-16(15(19)10-12)20-17(23)21-18(11-22)9-8-13-4-2-3-5-14(13)18/h2-7,10,22H,8-9,11H2,1H3,(H2,20,21,23). The van der Waals surface area contributed by atoms with Gasteiger partial charge in [0.25, 0.3) is 0 Å². The van der Waals surface area contributed by atoms with Crippen molar-refractivity contribution in [2.75, 3.05) is 11.9 Å². The van der Waals surface area contributed by atoms with Crippen LogP contribution in [0.4, 0.5) is 14.9 Å². The number of urea groups is 1. The van der Waals surface area contributed by atoms with Gasteiger partial charge in [-0.3, -0.25) is 0 Å². The molecule has 0 saturated carbocycles. The van der Waals surface area contributed by atoms with Gasteiger partial charge in [-0.2, -0.15) is 0 Å². The number of halogens is 1. The molecule has 1 atom stereocenters. The summed E-state index contributed by atoms with van der Waals surface area (Å²) in [6.07, 6.45) is 1.41. The van der Waals surface area contributed by atoms with Gasteiger partial charge in [0, 0.05) is 0 Å². The van der Waals surface area contributed by atoms with E-state index >= 15 is 0 Å². The molecule has 0 bridgehead atoms. The Morgan fingerprint density at radius 3 is 2.83 bits per heavy atom. The van der Waals surface area contributed by atoms with E-state index in [9.17, 15) is 14.3 Å². The molecule has 0 aliphatic heterocycles. The smallest absolute Gasteiger partial charge is 0.320 e. The fourth-order valence-electron chi connectivity index (χ4n) is 3.11. The summed E-state index contributed by atoms with van der Waals surface area (Å²) in [4.78, 5) is 12.3. The largest absolute Gasteiger partial charge is 0.394 e. The van der Waals surface area contributed by atoms with Gasteiger partial charge in [-0.05, 0) is 48.6 Å². The fourth-order valence-corrected chi connectivity index (χ4v) is 3.11. The van der Waals surface area contributed by atoms with Crippen LogP contribution in [0.15, 0.2) is 42.5 Å². The minimum absolute atomic E-state index is 0.118. The SMILES string of the molecule is Cc1ccc(NC(=O)NC2(CO)CCc3ccccc32)c(F)c1. The van der Waals surface area contributed by atoms with Crippen LogP contribution in [0, 0.1) is 12.7 Å². The highest BCUT2D eigenvalue weighted by molar-refractivity contribution is 5.90. The first-order chi connectivity index (χ1) is 11.0. The zero-order valence-electron chi connectivity index (χ0n) is 12.9. The lowest BCUT2D eigenvalue weighted by atomic mass is 9.93. The molecule has 3 rings (SSSR count). The van der Waals surface area contributed by atoms with Gasteiger partial charge in [0.15, 0.2) is 0 Å². The first kappa shape index (κ1) is 15.5. The number of benzene rings is 2. The number of aliphatic hydroxyl groups excluding tert-OH is 1. The molecule has 1 aliphatic carbocycles. The lowest BCUT2D eigenvalue weighted by molar-refractivity contribution is 0.164. The number of rotatable bonds is 3. The Bertz CT molecular complexity index is 748. The van der Waals surface area contributed by atoms with E-state index in [1.54, 1.807) is 13.0 Å². The summed E-state index contributed by atoms with van der Waals surface area (Å²) in [5, 5.41) is 15.2. The second-order valence-electron chi connectivity index (χ2n) is 5.96. The van der Waals surface area contributed by atoms with E-state index in [4.69, 9.17) is 0 Å². The van der Waals surface area contributed by atoms with Crippen molar-refractivity contribution in [1.82, 2.24) is 5.32 Å². The van der Waals surface area contributed by atoms with Gasteiger partial charge in [-0.25, -0.2) is 9.18 Å². The van der Waals surface area contributed by atoms with Gasteiger partial charge in [0.05, 0.1) is 17.8 Å². The van der Waals surface area contributed by atoms with Crippen LogP contribution < -0.4 is 10.6 Å². The summed E-state index contributed by atoms with van der Waals surface area (Å²) in [7, 11) is 0. The summed E-state index contributed by atoms with van der Waals surface area (Å²) in [6.45, 7) is 1.58. The van der Waals surface area contributed by atoms with Crippen LogP contribution >= 0.6 is 0 Å². The number of carbonyl (C=O) groups excluding carboxylic acids is 1. The van der Waals surface area contributed by atoms with Gasteiger partial charge in [0.2, 0.25) is 0 Å². The lowest BCUT2D eigenvalue weighted by Crippen LogP contribution is -2.49. The van der Waals surface area contributed by atoms with Gasteiger partial charge in [-0.1, -0.05) is 30.3 Å². The van der Waals surface area contributed by atoms with Crippen molar-refractivity contribution >= 4 is 11.7 Å². The molecule has 0 saturated heterocycles. The molecule has 0 fully saturated rings. The number of hydrogen-bond acceptors (Lipinski definition) is 2. The van der Waals surface area contributed by atoms with E-state index in [0.29, 0.717) is 6.42 Å². The summed E-state index contributed by atoms with van der Waals surface area (Å²) >= 11 is 0. The number of aliphatic hydroxyl groups is 1. The zero-order chi connectivity index (χ0) is 16.4. The van der Waals surface area contributed by atoms with E-state index < -0.39 is 17.4 Å². The number of amides is 2. The minimum atomic E-state index is -0.818. The normalized spacial score (nSPS) is 19.3. The molecule has 1 unspecified atom stereocenters. The molecule has 2 aromatic rings. The summed E-state index contributed by atoms with van der Waals surface area (Å²) in [5.41, 5.74) is 2.12. The zero-order valence-corrected chi connectivity index (χ0v) is 12.9. The van der Waals surface area contributed by atoms with Crippen LogP contribution in [0.2, 0.25) is 0 Å². The maximum atomic E-state index is 13.8. The number of fused-ring (bicyclic) bond motifs is 1. The molecule has 120 valence electrons. The van der Waals surface area contributed by atoms with Crippen LogP contribution in [-0.4, -0.2) is 17.7 Å². The van der Waals surface area contributed by atoms with Crippen LogP contribution in [0.25, 0.3) is 0 Å². The monoisotopic (exact) mass is 314 g/mol. The van der Waals surface area contributed by atoms with Crippen molar-refractivity contribution in [2.24, 2.45) is 0 Å². The van der Waals surface area contributed by atoms with Gasteiger partial charge in [-0.15, -0.1) is 0 Å². The summed E-state index contributed by atoms with van der Waals surface area (Å²) in [6, 6.07) is 11.8. The average molecular weight is 314 g/mol. The molecule has 2 amide bonds. The van der Waals surface area contributed by atoms with E-state index in [1.807, 2.05) is 24.3 Å². The molecular weight excluding hydrogens is 295 g/mol. The quantitative estimate of drug-likeness (QED) is 0.815. The Labute approximate surface area is 134 Å². The molecule has 4 nitrogen and oxygen atoms in total. The van der Waals surface area contributed by atoms with Gasteiger partial charge >= 0.3 is 6.03 Å². The first-order valence-electron chi connectivity index (χ1n) is 7.59. The van der Waals surface area contributed by atoms with Crippen LogP contribution in [-0.2, 0) is 12.0 Å². The van der Waals surface area contributed by atoms with Gasteiger partial charge in [0.1, 0.15) is 5.82 Å². The number of hydrogen-bond donors (Lipinski definition) is 3. The Kier molecular flexibility index (Phi) is 4.05. The third-order valence-corrected chi connectivity index (χ3v) is 4.35. The van der Waals surface area contributed by atoms with Gasteiger partial charge < -0.3 is 15.7 Å². The van der Waals surface area contributed by atoms with Crippen molar-refractivity contribution in [1.29, 1.82) is 0 Å². The Balaban J connectivity index is 1.79. The van der Waals surface area contributed by atoms with Crippen molar-refractivity contribution in [3.8, 4) is 0 Å². The highest BCUT2D eigenvalue weighted by Gasteiger charge is 2.39. The predicted octanol–water partition coefficient (Wildman–Crippen LogP) is 3.09. The third kappa shape index (κ3) is 2.92. The molecular formula is C18H19FN2O2. The maximum absolute atomic E-state index is 13.8. The van der Waals surface area contributed by atoms with E-state index in [-0.39, 0.29) is 12.3 Å². The number of aryl methyl sites for hydroxylation is 2. The maximum Gasteiger partial charge on any atom is 0.320 e. The Hall–Kier alpha value is -2.40. The topological polar surface area (TPSA) is 61.4 Å². The first-order valence-corrected chi connectivity index (χ1v) is 7.59. The Morgan fingerprint density at radius 2 is 2.09 bits per heavy atom. The van der Waals surface area contributed by atoms with E-state index in [0.717, 1.165) is 23.1 Å². The van der Waals surface area contributed by atoms with E-state index in [1.165, 1.54) is 12.1 Å². The molecule has 0 radical (unpaired) electrons. The highest BCUT2D eigenvalue weighted by Crippen LogP contribution is 2.36. The minimum Gasteiger partial charge on any atom is -0.394 e. The van der Waals surface area contributed by atoms with Crippen LogP contribution in [0.3, 0.4) is 0 Å². The van der Waals surface area contributed by atoms with Crippen molar-refractivity contribution < 1.29 is 14.3 Å². The lowest BCUT2D eigenvalue weighted by Gasteiger charge is -2.29. The molecule has 1 aliphatic rings. The van der Waals surface area contributed by atoms with E-state index in [2.05, 4.69) is 10.6 Å². The molecule has 0 spiro atoms. The van der Waals surface area contributed by atoms with Crippen molar-refractivity contribution in [2.45, 2.75) is 25.3 Å². The van der Waals surface area contributed by atoms with Crippen molar-refractivity contribution in [3.63, 3.8) is 0 Å². The second kappa shape index (κ2) is 6.01. The fraction of sp³-hybridized carbons (Fsp3) is 0.278. The van der Waals surface area contributed by atoms with Crippen LogP contribution in [0.5, 0.6) is 0 Å². The summed E-state index contributed by atoms with van der Waals surface area (Å²) in [5.74, 6) is -0.481. The molecule has 0 heterocycles. The second-order valence-corrected chi connectivity index (χ2v) is 5.96. The third-order valence-electron chi connectivity index (χ3n) is 4.35. The van der Waals surface area contributed by atoms with Crippen molar-refractivity contribution in [3.05, 3.63) is 65.0 Å². The number of nitrogens with one attached hydrogen (secondary N) is 2. The number of carbonyl (C=O) groups is 1. The highest BCUT2D eigenvalue weighted by atomic mass is 19.1. The molecule has 23 heavy (non-hydrogen) atoms. The summed E-state index contributed by atoms with van der Waals surface area (Å²) < 4.78 is 13.8. The van der Waals surface area contributed by atoms with Crippen LogP contribution in [0.1, 0.15) is 23.1 Å². The predicted molar refractivity (Wildman–Crippen MR) is 86.8 cm³/mol. The number of anilines is 1.